The Balaban J connectivity index is 1.57. The van der Waals surface area contributed by atoms with Gasteiger partial charge in [-0.05, 0) is 47.0 Å². The Labute approximate surface area is 157 Å². The van der Waals surface area contributed by atoms with Gasteiger partial charge in [-0.3, -0.25) is 9.78 Å². The molecule has 0 unspecified atom stereocenters. The van der Waals surface area contributed by atoms with Gasteiger partial charge in [0.25, 0.3) is 5.56 Å². The topological polar surface area (TPSA) is 114 Å². The molecule has 2 aromatic heterocycles. The number of halogens is 1. The van der Waals surface area contributed by atoms with Gasteiger partial charge >= 0.3 is 5.76 Å². The molecular formula is C16H16BrN3O5S. The maximum absolute atomic E-state index is 12.3. The number of hydrogen-bond donors (Lipinski definition) is 2. The molecule has 0 fully saturated rings. The molecule has 0 aliphatic rings. The number of aromatic amines is 1. The van der Waals surface area contributed by atoms with Crippen LogP contribution in [0.2, 0.25) is 0 Å². The lowest BCUT2D eigenvalue weighted by atomic mass is 10.3. The number of nitrogens with one attached hydrogen (secondary N) is 2. The van der Waals surface area contributed by atoms with Crippen molar-refractivity contribution in [2.24, 2.45) is 0 Å². The largest absolute Gasteiger partial charge is 0.417 e. The molecule has 0 spiro atoms. The first kappa shape index (κ1) is 18.6. The van der Waals surface area contributed by atoms with Crippen molar-refractivity contribution in [3.8, 4) is 0 Å². The minimum Gasteiger partial charge on any atom is -0.408 e. The molecule has 0 atom stereocenters. The van der Waals surface area contributed by atoms with E-state index in [1.54, 1.807) is 16.8 Å². The van der Waals surface area contributed by atoms with Gasteiger partial charge in [-0.25, -0.2) is 17.9 Å². The zero-order valence-corrected chi connectivity index (χ0v) is 16.0. The molecule has 0 aliphatic heterocycles. The van der Waals surface area contributed by atoms with Crippen LogP contribution in [-0.2, 0) is 16.6 Å². The summed E-state index contributed by atoms with van der Waals surface area (Å²) in [4.78, 5) is 25.3. The Bertz CT molecular complexity index is 1150. The Hall–Kier alpha value is -2.17. The van der Waals surface area contributed by atoms with Crippen LogP contribution in [0.3, 0.4) is 0 Å². The highest BCUT2D eigenvalue weighted by atomic mass is 79.9. The molecule has 10 heteroatoms. The quantitative estimate of drug-likeness (QED) is 0.542. The SMILES string of the molecule is O=c1[nH]c2ccc(S(=O)(=O)NCCCCn3cc(Br)ccc3=O)cc2o1. The van der Waals surface area contributed by atoms with Crippen molar-refractivity contribution in [3.63, 3.8) is 0 Å². The molecule has 3 aromatic rings. The fraction of sp³-hybridized carbons (Fsp3) is 0.250. The van der Waals surface area contributed by atoms with E-state index in [2.05, 4.69) is 25.6 Å². The molecule has 0 saturated heterocycles. The van der Waals surface area contributed by atoms with Crippen LogP contribution in [0.15, 0.2) is 59.9 Å². The molecule has 0 bridgehead atoms. The smallest absolute Gasteiger partial charge is 0.408 e. The average Bonchev–Trinajstić information content (AvgIpc) is 2.96. The molecule has 26 heavy (non-hydrogen) atoms. The Morgan fingerprint density at radius 1 is 1.15 bits per heavy atom. The van der Waals surface area contributed by atoms with Crippen molar-refractivity contribution >= 4 is 37.1 Å². The Kier molecular flexibility index (Phi) is 5.44. The van der Waals surface area contributed by atoms with E-state index in [0.29, 0.717) is 24.9 Å². The first-order valence-electron chi connectivity index (χ1n) is 7.84. The van der Waals surface area contributed by atoms with E-state index in [1.807, 2.05) is 0 Å². The molecule has 2 N–H and O–H groups in total. The third kappa shape index (κ3) is 4.32. The average molecular weight is 442 g/mol. The highest BCUT2D eigenvalue weighted by Crippen LogP contribution is 2.16. The van der Waals surface area contributed by atoms with Crippen molar-refractivity contribution in [1.82, 2.24) is 14.3 Å². The molecule has 0 amide bonds. The summed E-state index contributed by atoms with van der Waals surface area (Å²) in [6.07, 6.45) is 2.91. The third-order valence-corrected chi connectivity index (χ3v) is 5.70. The fourth-order valence-electron chi connectivity index (χ4n) is 2.47. The second-order valence-corrected chi connectivity index (χ2v) is 8.34. The molecule has 8 nitrogen and oxygen atoms in total. The molecule has 3 rings (SSSR count). The minimum absolute atomic E-state index is 0.0240. The minimum atomic E-state index is -3.70. The molecule has 1 aromatic carbocycles. The second kappa shape index (κ2) is 7.60. The number of unbranched alkanes of at least 4 members (excludes halogenated alkanes) is 1. The molecule has 138 valence electrons. The first-order valence-corrected chi connectivity index (χ1v) is 10.1. The summed E-state index contributed by atoms with van der Waals surface area (Å²) in [6.45, 7) is 0.737. The number of aromatic nitrogens is 2. The summed E-state index contributed by atoms with van der Waals surface area (Å²) in [5.74, 6) is -0.634. The first-order chi connectivity index (χ1) is 12.3. The standard InChI is InChI=1S/C16H16BrN3O5S/c17-11-3-6-15(21)20(10-11)8-2-1-7-18-26(23,24)12-4-5-13-14(9-12)25-16(22)19-13/h3-6,9-10,18H,1-2,7-8H2,(H,19,22). The van der Waals surface area contributed by atoms with E-state index in [-0.39, 0.29) is 22.6 Å². The summed E-state index contributed by atoms with van der Waals surface area (Å²) in [7, 11) is -3.70. The number of benzene rings is 1. The van der Waals surface area contributed by atoms with E-state index in [4.69, 9.17) is 4.42 Å². The van der Waals surface area contributed by atoms with Crippen molar-refractivity contribution in [1.29, 1.82) is 0 Å². The van der Waals surface area contributed by atoms with E-state index in [9.17, 15) is 18.0 Å². The predicted octanol–water partition coefficient (Wildman–Crippen LogP) is 1.80. The van der Waals surface area contributed by atoms with Crippen LogP contribution in [0, 0.1) is 0 Å². The van der Waals surface area contributed by atoms with Crippen LogP contribution in [0.5, 0.6) is 0 Å². The van der Waals surface area contributed by atoms with E-state index < -0.39 is 15.8 Å². The van der Waals surface area contributed by atoms with Crippen molar-refractivity contribution in [3.05, 3.63) is 61.9 Å². The van der Waals surface area contributed by atoms with Gasteiger partial charge in [0.05, 0.1) is 10.4 Å². The van der Waals surface area contributed by atoms with Crippen LogP contribution in [0.25, 0.3) is 11.1 Å². The summed E-state index contributed by atoms with van der Waals surface area (Å²) in [5.41, 5.74) is 0.524. The second-order valence-electron chi connectivity index (χ2n) is 5.66. The van der Waals surface area contributed by atoms with Crippen molar-refractivity contribution in [2.75, 3.05) is 6.54 Å². The summed E-state index contributed by atoms with van der Waals surface area (Å²) in [6, 6.07) is 7.33. The van der Waals surface area contributed by atoms with Gasteiger partial charge in [0.2, 0.25) is 10.0 Å². The predicted molar refractivity (Wildman–Crippen MR) is 99.7 cm³/mol. The van der Waals surface area contributed by atoms with Crippen molar-refractivity contribution < 1.29 is 12.8 Å². The van der Waals surface area contributed by atoms with Crippen LogP contribution in [-0.4, -0.2) is 24.5 Å². The maximum atomic E-state index is 12.3. The number of nitrogens with zero attached hydrogens (tertiary/aromatic N) is 1. The van der Waals surface area contributed by atoms with Crippen LogP contribution in [0.1, 0.15) is 12.8 Å². The van der Waals surface area contributed by atoms with Crippen LogP contribution < -0.4 is 16.0 Å². The zero-order chi connectivity index (χ0) is 18.7. The Morgan fingerprint density at radius 2 is 1.96 bits per heavy atom. The summed E-state index contributed by atoms with van der Waals surface area (Å²) >= 11 is 3.31. The number of fused-ring (bicyclic) bond motifs is 1. The van der Waals surface area contributed by atoms with Gasteiger partial charge in [-0.2, -0.15) is 0 Å². The number of H-pyrrole nitrogens is 1. The number of oxazole rings is 1. The van der Waals surface area contributed by atoms with Crippen LogP contribution >= 0.6 is 15.9 Å². The lowest BCUT2D eigenvalue weighted by Crippen LogP contribution is -2.25. The molecule has 0 radical (unpaired) electrons. The maximum Gasteiger partial charge on any atom is 0.417 e. The monoisotopic (exact) mass is 441 g/mol. The highest BCUT2D eigenvalue weighted by Gasteiger charge is 2.15. The number of sulfonamides is 1. The number of hydrogen-bond acceptors (Lipinski definition) is 5. The van der Waals surface area contributed by atoms with Gasteiger partial charge in [-0.1, -0.05) is 0 Å². The van der Waals surface area contributed by atoms with Crippen molar-refractivity contribution in [2.45, 2.75) is 24.3 Å². The fourth-order valence-corrected chi connectivity index (χ4v) is 3.94. The lowest BCUT2D eigenvalue weighted by Gasteiger charge is -2.08. The lowest BCUT2D eigenvalue weighted by molar-refractivity contribution is 0.552. The van der Waals surface area contributed by atoms with Gasteiger partial charge in [0, 0.05) is 35.9 Å². The molecule has 2 heterocycles. The Morgan fingerprint density at radius 3 is 2.77 bits per heavy atom. The molecular weight excluding hydrogens is 426 g/mol. The number of rotatable bonds is 7. The molecule has 0 aliphatic carbocycles. The van der Waals surface area contributed by atoms with E-state index >= 15 is 0 Å². The van der Waals surface area contributed by atoms with Gasteiger partial charge in [0.15, 0.2) is 5.58 Å². The molecule has 0 saturated carbocycles. The van der Waals surface area contributed by atoms with Crippen LogP contribution in [0.4, 0.5) is 0 Å². The summed E-state index contributed by atoms with van der Waals surface area (Å²) in [5, 5.41) is 0. The highest BCUT2D eigenvalue weighted by molar-refractivity contribution is 9.10. The van der Waals surface area contributed by atoms with E-state index in [0.717, 1.165) is 4.47 Å². The van der Waals surface area contributed by atoms with Gasteiger partial charge < -0.3 is 8.98 Å². The number of aryl methyl sites for hydroxylation is 1. The summed E-state index contributed by atoms with van der Waals surface area (Å²) < 4.78 is 34.4. The number of pyridine rings is 1. The van der Waals surface area contributed by atoms with Gasteiger partial charge in [-0.15, -0.1) is 0 Å². The zero-order valence-electron chi connectivity index (χ0n) is 13.6. The third-order valence-electron chi connectivity index (χ3n) is 3.77. The normalized spacial score (nSPS) is 11.9. The van der Waals surface area contributed by atoms with Gasteiger partial charge in [0.1, 0.15) is 0 Å². The van der Waals surface area contributed by atoms with E-state index in [1.165, 1.54) is 24.3 Å².